The Balaban J connectivity index is 2.14. The van der Waals surface area contributed by atoms with Gasteiger partial charge < -0.3 is 5.32 Å². The van der Waals surface area contributed by atoms with E-state index in [1.165, 1.54) is 22.0 Å². The maximum atomic E-state index is 4.34. The van der Waals surface area contributed by atoms with E-state index in [2.05, 4.69) is 48.8 Å². The van der Waals surface area contributed by atoms with Crippen LogP contribution in [0.25, 0.3) is 0 Å². The fourth-order valence-corrected chi connectivity index (χ4v) is 3.68. The Bertz CT molecular complexity index is 513. The topological polar surface area (TPSA) is 37.8 Å². The zero-order valence-electron chi connectivity index (χ0n) is 9.53. The summed E-state index contributed by atoms with van der Waals surface area (Å²) in [4.78, 5) is 5.51. The van der Waals surface area contributed by atoms with Crippen molar-refractivity contribution in [3.63, 3.8) is 0 Å². The van der Waals surface area contributed by atoms with Crippen molar-refractivity contribution in [2.24, 2.45) is 0 Å². The number of nitrogens with one attached hydrogen (secondary N) is 1. The van der Waals surface area contributed by atoms with E-state index in [1.54, 1.807) is 11.8 Å². The average molecular weight is 330 g/mol. The van der Waals surface area contributed by atoms with E-state index in [-0.39, 0.29) is 0 Å². The summed E-state index contributed by atoms with van der Waals surface area (Å²) in [5, 5.41) is 3.14. The maximum absolute atomic E-state index is 4.34. The molecule has 0 atom stereocenters. The second-order valence-electron chi connectivity index (χ2n) is 3.49. The highest BCUT2D eigenvalue weighted by molar-refractivity contribution is 9.10. The second kappa shape index (κ2) is 5.95. The van der Waals surface area contributed by atoms with Crippen molar-refractivity contribution in [3.8, 4) is 0 Å². The molecular weight excluding hydrogens is 318 g/mol. The van der Waals surface area contributed by atoms with Gasteiger partial charge in [-0.3, -0.25) is 0 Å². The Morgan fingerprint density at radius 2 is 2.29 bits per heavy atom. The highest BCUT2D eigenvalue weighted by atomic mass is 79.9. The van der Waals surface area contributed by atoms with Crippen molar-refractivity contribution in [2.45, 2.75) is 22.7 Å². The van der Waals surface area contributed by atoms with E-state index in [1.807, 2.05) is 14.0 Å². The standard InChI is InChI=1S/C11H12BrN3S2/c1-7-14-11(17-15-7)16-9-4-3-8(6-13-2)10(12)5-9/h3-5,13H,6H2,1-2H3. The van der Waals surface area contributed by atoms with Gasteiger partial charge in [0.05, 0.1) is 0 Å². The first-order chi connectivity index (χ1) is 8.19. The largest absolute Gasteiger partial charge is 0.316 e. The van der Waals surface area contributed by atoms with Crippen LogP contribution in [0.3, 0.4) is 0 Å². The number of halogens is 1. The fraction of sp³-hybridized carbons (Fsp3) is 0.273. The van der Waals surface area contributed by atoms with Crippen LogP contribution in [-0.4, -0.2) is 16.4 Å². The van der Waals surface area contributed by atoms with Crippen molar-refractivity contribution in [1.29, 1.82) is 0 Å². The van der Waals surface area contributed by atoms with E-state index in [4.69, 9.17) is 0 Å². The number of hydrogen-bond donors (Lipinski definition) is 1. The Kier molecular flexibility index (Phi) is 4.55. The summed E-state index contributed by atoms with van der Waals surface area (Å²) in [7, 11) is 1.94. The molecule has 2 aromatic rings. The van der Waals surface area contributed by atoms with Crippen LogP contribution >= 0.6 is 39.2 Å². The lowest BCUT2D eigenvalue weighted by Gasteiger charge is -2.05. The first-order valence-electron chi connectivity index (χ1n) is 5.10. The third kappa shape index (κ3) is 3.51. The second-order valence-corrected chi connectivity index (χ2v) is 6.42. The van der Waals surface area contributed by atoms with Crippen molar-refractivity contribution in [2.75, 3.05) is 7.05 Å². The van der Waals surface area contributed by atoms with E-state index in [0.717, 1.165) is 21.2 Å². The number of nitrogens with zero attached hydrogens (tertiary/aromatic N) is 2. The normalized spacial score (nSPS) is 10.8. The fourth-order valence-electron chi connectivity index (χ4n) is 1.35. The molecule has 3 nitrogen and oxygen atoms in total. The zero-order chi connectivity index (χ0) is 12.3. The molecule has 1 aromatic heterocycles. The molecule has 1 heterocycles. The SMILES string of the molecule is CNCc1ccc(Sc2nc(C)ns2)cc1Br. The molecule has 1 aromatic carbocycles. The zero-order valence-corrected chi connectivity index (χ0v) is 12.7. The van der Waals surface area contributed by atoms with Crippen molar-refractivity contribution in [3.05, 3.63) is 34.1 Å². The average Bonchev–Trinajstić information content (AvgIpc) is 2.68. The van der Waals surface area contributed by atoms with Gasteiger partial charge in [0.2, 0.25) is 0 Å². The number of aromatic nitrogens is 2. The molecule has 1 N–H and O–H groups in total. The molecule has 90 valence electrons. The van der Waals surface area contributed by atoms with Crippen LogP contribution in [-0.2, 0) is 6.54 Å². The molecule has 0 aliphatic carbocycles. The van der Waals surface area contributed by atoms with Crippen molar-refractivity contribution < 1.29 is 0 Å². The number of aryl methyl sites for hydroxylation is 1. The lowest BCUT2D eigenvalue weighted by Crippen LogP contribution is -2.05. The summed E-state index contributed by atoms with van der Waals surface area (Å²) in [6, 6.07) is 6.35. The molecule has 0 amide bonds. The predicted octanol–water partition coefficient (Wildman–Crippen LogP) is 3.48. The van der Waals surface area contributed by atoms with Gasteiger partial charge in [-0.2, -0.15) is 4.37 Å². The molecule has 0 fully saturated rings. The first kappa shape index (κ1) is 13.0. The van der Waals surface area contributed by atoms with Gasteiger partial charge in [0, 0.05) is 15.9 Å². The molecule has 0 aliphatic rings. The molecule has 0 radical (unpaired) electrons. The molecule has 17 heavy (non-hydrogen) atoms. The van der Waals surface area contributed by atoms with Crippen molar-refractivity contribution >= 4 is 39.2 Å². The number of hydrogen-bond acceptors (Lipinski definition) is 5. The number of rotatable bonds is 4. The minimum atomic E-state index is 0.836. The van der Waals surface area contributed by atoms with Crippen LogP contribution in [0.5, 0.6) is 0 Å². The molecule has 0 saturated heterocycles. The predicted molar refractivity (Wildman–Crippen MR) is 75.7 cm³/mol. The summed E-state index contributed by atoms with van der Waals surface area (Å²) < 4.78 is 6.28. The lowest BCUT2D eigenvalue weighted by molar-refractivity contribution is 0.813. The van der Waals surface area contributed by atoms with Crippen LogP contribution in [0.2, 0.25) is 0 Å². The van der Waals surface area contributed by atoms with Gasteiger partial charge in [0.25, 0.3) is 0 Å². The van der Waals surface area contributed by atoms with Gasteiger partial charge in [-0.25, -0.2) is 4.98 Å². The molecule has 0 spiro atoms. The Morgan fingerprint density at radius 1 is 1.47 bits per heavy atom. The van der Waals surface area contributed by atoms with Crippen LogP contribution in [0.15, 0.2) is 31.9 Å². The molecule has 0 aliphatic heterocycles. The minimum Gasteiger partial charge on any atom is -0.316 e. The first-order valence-corrected chi connectivity index (χ1v) is 7.48. The Morgan fingerprint density at radius 3 is 2.88 bits per heavy atom. The van der Waals surface area contributed by atoms with E-state index < -0.39 is 0 Å². The highest BCUT2D eigenvalue weighted by Crippen LogP contribution is 2.31. The smallest absolute Gasteiger partial charge is 0.174 e. The third-order valence-electron chi connectivity index (χ3n) is 2.11. The van der Waals surface area contributed by atoms with Gasteiger partial charge in [0.1, 0.15) is 5.82 Å². The quantitative estimate of drug-likeness (QED) is 0.931. The van der Waals surface area contributed by atoms with E-state index in [0.29, 0.717) is 0 Å². The van der Waals surface area contributed by atoms with E-state index in [9.17, 15) is 0 Å². The van der Waals surface area contributed by atoms with Crippen molar-refractivity contribution in [1.82, 2.24) is 14.7 Å². The summed E-state index contributed by atoms with van der Waals surface area (Å²) in [5.74, 6) is 0.836. The van der Waals surface area contributed by atoms with Gasteiger partial charge in [0.15, 0.2) is 4.34 Å². The van der Waals surface area contributed by atoms with Crippen LogP contribution < -0.4 is 5.32 Å². The van der Waals surface area contributed by atoms with Crippen LogP contribution in [0, 0.1) is 6.92 Å². The Labute approximate surface area is 117 Å². The van der Waals surface area contributed by atoms with Crippen LogP contribution in [0.4, 0.5) is 0 Å². The monoisotopic (exact) mass is 329 g/mol. The third-order valence-corrected chi connectivity index (χ3v) is 4.68. The van der Waals surface area contributed by atoms with Gasteiger partial charge in [-0.15, -0.1) is 0 Å². The highest BCUT2D eigenvalue weighted by Gasteiger charge is 2.05. The summed E-state index contributed by atoms with van der Waals surface area (Å²) in [5.41, 5.74) is 1.25. The maximum Gasteiger partial charge on any atom is 0.174 e. The molecule has 2 rings (SSSR count). The summed E-state index contributed by atoms with van der Waals surface area (Å²) in [6.45, 7) is 2.77. The summed E-state index contributed by atoms with van der Waals surface area (Å²) >= 11 is 6.66. The van der Waals surface area contributed by atoms with Crippen LogP contribution in [0.1, 0.15) is 11.4 Å². The van der Waals surface area contributed by atoms with E-state index >= 15 is 0 Å². The molecule has 0 unspecified atom stereocenters. The Hall–Kier alpha value is -0.430. The van der Waals surface area contributed by atoms with Gasteiger partial charge >= 0.3 is 0 Å². The number of benzene rings is 1. The molecule has 0 bridgehead atoms. The summed E-state index contributed by atoms with van der Waals surface area (Å²) in [6.07, 6.45) is 0. The van der Waals surface area contributed by atoms with Gasteiger partial charge in [-0.1, -0.05) is 33.8 Å². The minimum absolute atomic E-state index is 0.836. The lowest BCUT2D eigenvalue weighted by atomic mass is 10.2. The molecule has 0 saturated carbocycles. The van der Waals surface area contributed by atoms with Gasteiger partial charge in [-0.05, 0) is 43.2 Å². The molecular formula is C11H12BrN3S2. The molecule has 6 heteroatoms.